The zero-order chi connectivity index (χ0) is 37.0. The number of hydrogen-bond donors (Lipinski definition) is 0. The fourth-order valence-corrected chi connectivity index (χ4v) is 5.50. The SMILES string of the molecule is CCOC(=O)N(CC)c1ccc(C(F)(F)F)cc1CN(Cc1cc(C(F)(F)F)cc(C(F)(F)F)c1)c1ncc(N2CCC(C(=O)[O-])CC2)cn1.[Na+]. The molecule has 1 saturated heterocycles. The molecule has 0 spiro atoms. The van der Waals surface area contributed by atoms with Gasteiger partial charge in [0.05, 0.1) is 47.1 Å². The molecule has 1 fully saturated rings. The van der Waals surface area contributed by atoms with E-state index in [1.165, 1.54) is 26.2 Å². The Morgan fingerprint density at radius 2 is 1.39 bits per heavy atom. The number of alkyl halides is 9. The summed E-state index contributed by atoms with van der Waals surface area (Å²) in [5.74, 6) is -2.12. The van der Waals surface area contributed by atoms with Gasteiger partial charge in [0.15, 0.2) is 0 Å². The topological polar surface area (TPSA) is 102 Å². The number of anilines is 3. The third-order valence-electron chi connectivity index (χ3n) is 7.98. The molecule has 51 heavy (non-hydrogen) atoms. The Balaban J connectivity index is 0.00000702. The molecule has 0 unspecified atom stereocenters. The second kappa shape index (κ2) is 16.7. The summed E-state index contributed by atoms with van der Waals surface area (Å²) in [5, 5.41) is 11.2. The number of benzene rings is 2. The first-order chi connectivity index (χ1) is 23.3. The second-order valence-corrected chi connectivity index (χ2v) is 11.4. The average Bonchev–Trinajstić information content (AvgIpc) is 3.04. The van der Waals surface area contributed by atoms with Gasteiger partial charge in [-0.25, -0.2) is 14.8 Å². The summed E-state index contributed by atoms with van der Waals surface area (Å²) < 4.78 is 129. The molecule has 0 N–H and O–H groups in total. The molecule has 9 nitrogen and oxygen atoms in total. The summed E-state index contributed by atoms with van der Waals surface area (Å²) in [4.78, 5) is 36.3. The molecule has 19 heteroatoms. The van der Waals surface area contributed by atoms with Gasteiger partial charge < -0.3 is 24.4 Å². The van der Waals surface area contributed by atoms with Gasteiger partial charge in [-0.05, 0) is 74.2 Å². The number of carbonyl (C=O) groups is 2. The van der Waals surface area contributed by atoms with Crippen molar-refractivity contribution in [3.8, 4) is 0 Å². The zero-order valence-corrected chi connectivity index (χ0v) is 29.6. The van der Waals surface area contributed by atoms with E-state index in [4.69, 9.17) is 4.74 Å². The van der Waals surface area contributed by atoms with Gasteiger partial charge in [-0.3, -0.25) is 4.90 Å². The number of piperidine rings is 1. The molecule has 0 atom stereocenters. The average molecular weight is 744 g/mol. The van der Waals surface area contributed by atoms with Crippen molar-refractivity contribution in [3.05, 3.63) is 76.6 Å². The van der Waals surface area contributed by atoms with E-state index < -0.39 is 71.9 Å². The van der Waals surface area contributed by atoms with Gasteiger partial charge in [0.1, 0.15) is 0 Å². The van der Waals surface area contributed by atoms with Crippen LogP contribution in [0.25, 0.3) is 0 Å². The normalized spacial score (nSPS) is 14.1. The van der Waals surface area contributed by atoms with Gasteiger partial charge in [-0.2, -0.15) is 39.5 Å². The number of ether oxygens (including phenoxy) is 1. The minimum absolute atomic E-state index is 0. The molecule has 0 saturated carbocycles. The molecule has 3 aromatic rings. The number of carboxylic acids is 1. The van der Waals surface area contributed by atoms with Crippen LogP contribution in [0.2, 0.25) is 0 Å². The first-order valence-corrected chi connectivity index (χ1v) is 15.3. The maximum atomic E-state index is 13.9. The van der Waals surface area contributed by atoms with Crippen LogP contribution in [0.5, 0.6) is 0 Å². The Morgan fingerprint density at radius 3 is 1.86 bits per heavy atom. The van der Waals surface area contributed by atoms with Crippen molar-refractivity contribution < 1.29 is 88.5 Å². The van der Waals surface area contributed by atoms with E-state index in [-0.39, 0.29) is 78.8 Å². The fourth-order valence-electron chi connectivity index (χ4n) is 5.50. The molecule has 0 radical (unpaired) electrons. The standard InChI is InChI=1S/C32H32F9N5O4.Na/c1-3-46(29(49)50-4-2)26-6-5-22(30(33,34)35)13-21(26)18-45(17-19-11-23(31(36,37)38)14-24(12-19)32(39,40)41)28-42-15-25(16-43-28)44-9-7-20(8-10-44)27(47)48;/h5-6,11-16,20H,3-4,7-10,17-18H2,1-2H3,(H,47,48);/q;+1/p-1. The summed E-state index contributed by atoms with van der Waals surface area (Å²) in [6.07, 6.45) is -13.0. The Hall–Kier alpha value is -3.77. The summed E-state index contributed by atoms with van der Waals surface area (Å²) in [6.45, 7) is 2.15. The van der Waals surface area contributed by atoms with Gasteiger partial charge in [0.25, 0.3) is 0 Å². The first-order valence-electron chi connectivity index (χ1n) is 15.3. The van der Waals surface area contributed by atoms with Crippen LogP contribution in [-0.4, -0.2) is 48.3 Å². The smallest absolute Gasteiger partial charge is 0.550 e. The number of carboxylic acid groups (broad SMARTS) is 1. The van der Waals surface area contributed by atoms with Crippen LogP contribution in [0.4, 0.5) is 61.6 Å². The van der Waals surface area contributed by atoms with Crippen molar-refractivity contribution in [2.24, 2.45) is 5.92 Å². The van der Waals surface area contributed by atoms with Crippen molar-refractivity contribution in [2.75, 3.05) is 40.9 Å². The number of aliphatic carboxylic acids is 1. The van der Waals surface area contributed by atoms with E-state index in [1.807, 2.05) is 0 Å². The number of amides is 1. The van der Waals surface area contributed by atoms with Crippen LogP contribution >= 0.6 is 0 Å². The number of hydrogen-bond acceptors (Lipinski definition) is 8. The molecule has 0 aliphatic carbocycles. The number of rotatable bonds is 10. The second-order valence-electron chi connectivity index (χ2n) is 11.4. The first kappa shape index (κ1) is 41.6. The van der Waals surface area contributed by atoms with Crippen molar-refractivity contribution in [2.45, 2.75) is 58.3 Å². The predicted octanol–water partition coefficient (Wildman–Crippen LogP) is 3.69. The quantitative estimate of drug-likeness (QED) is 0.229. The van der Waals surface area contributed by atoms with Crippen LogP contribution in [0.15, 0.2) is 48.8 Å². The van der Waals surface area contributed by atoms with E-state index in [9.17, 15) is 54.2 Å². The maximum Gasteiger partial charge on any atom is 1.00 e. The number of nitrogens with zero attached hydrogens (tertiary/aromatic N) is 5. The van der Waals surface area contributed by atoms with E-state index in [0.29, 0.717) is 37.0 Å². The van der Waals surface area contributed by atoms with Crippen molar-refractivity contribution >= 4 is 29.4 Å². The molecule has 0 bridgehead atoms. The van der Waals surface area contributed by atoms with E-state index in [0.717, 1.165) is 21.9 Å². The molecule has 1 aromatic heterocycles. The summed E-state index contributed by atoms with van der Waals surface area (Å²) in [5.41, 5.74) is -4.66. The summed E-state index contributed by atoms with van der Waals surface area (Å²) >= 11 is 0. The van der Waals surface area contributed by atoms with Crippen LogP contribution in [-0.2, 0) is 41.1 Å². The Kier molecular flexibility index (Phi) is 13.6. The maximum absolute atomic E-state index is 13.9. The minimum Gasteiger partial charge on any atom is -0.550 e. The molecule has 4 rings (SSSR count). The van der Waals surface area contributed by atoms with Crippen molar-refractivity contribution in [1.82, 2.24) is 9.97 Å². The third kappa shape index (κ3) is 10.6. The van der Waals surface area contributed by atoms with Crippen LogP contribution < -0.4 is 49.4 Å². The van der Waals surface area contributed by atoms with Gasteiger partial charge in [-0.15, -0.1) is 0 Å². The largest absolute Gasteiger partial charge is 1.00 e. The Labute approximate surface area is 308 Å². The molecule has 2 heterocycles. The number of halogens is 9. The molecule has 1 aliphatic heterocycles. The van der Waals surface area contributed by atoms with Crippen LogP contribution in [0.3, 0.4) is 0 Å². The third-order valence-corrected chi connectivity index (χ3v) is 7.98. The van der Waals surface area contributed by atoms with Gasteiger partial charge in [0, 0.05) is 44.6 Å². The summed E-state index contributed by atoms with van der Waals surface area (Å²) in [6, 6.07) is 3.38. The number of aromatic nitrogens is 2. The fraction of sp³-hybridized carbons (Fsp3) is 0.438. The van der Waals surface area contributed by atoms with Gasteiger partial charge >= 0.3 is 54.2 Å². The molecular formula is C32H31F9N5NaO4. The predicted molar refractivity (Wildman–Crippen MR) is 160 cm³/mol. The van der Waals surface area contributed by atoms with Gasteiger partial charge in [-0.1, -0.05) is 0 Å². The molecule has 272 valence electrons. The monoisotopic (exact) mass is 743 g/mol. The van der Waals surface area contributed by atoms with Gasteiger partial charge in [0.2, 0.25) is 5.95 Å². The summed E-state index contributed by atoms with van der Waals surface area (Å²) in [7, 11) is 0. The Morgan fingerprint density at radius 1 is 0.843 bits per heavy atom. The Bertz CT molecular complexity index is 1630. The molecular weight excluding hydrogens is 712 g/mol. The zero-order valence-electron chi connectivity index (χ0n) is 27.6. The number of carbonyl (C=O) groups excluding carboxylic acids is 2. The van der Waals surface area contributed by atoms with E-state index in [2.05, 4.69) is 9.97 Å². The molecule has 1 aliphatic rings. The molecule has 2 aromatic carbocycles. The molecule has 1 amide bonds. The van der Waals surface area contributed by atoms with Crippen molar-refractivity contribution in [1.29, 1.82) is 0 Å². The van der Waals surface area contributed by atoms with Crippen LogP contribution in [0.1, 0.15) is 54.5 Å². The van der Waals surface area contributed by atoms with E-state index in [1.54, 1.807) is 4.90 Å². The van der Waals surface area contributed by atoms with Crippen molar-refractivity contribution in [3.63, 3.8) is 0 Å². The van der Waals surface area contributed by atoms with E-state index >= 15 is 0 Å². The van der Waals surface area contributed by atoms with Crippen LogP contribution in [0, 0.1) is 5.92 Å². The minimum atomic E-state index is -5.17.